The Morgan fingerprint density at radius 3 is 2.34 bits per heavy atom. The first-order valence-corrected chi connectivity index (χ1v) is 23.6. The highest BCUT2D eigenvalue weighted by Crippen LogP contribution is 2.43. The quantitative estimate of drug-likeness (QED) is 0.103. The van der Waals surface area contributed by atoms with Gasteiger partial charge in [0.25, 0.3) is 21.6 Å². The van der Waals surface area contributed by atoms with Gasteiger partial charge in [-0.2, -0.15) is 0 Å². The number of allylic oxidation sites excluding steroid dienone is 1. The molecule has 0 unspecified atom stereocenters. The Bertz CT molecular complexity index is 2550. The summed E-state index contributed by atoms with van der Waals surface area (Å²) in [5, 5.41) is 16.4. The highest BCUT2D eigenvalue weighted by molar-refractivity contribution is 7.90. The van der Waals surface area contributed by atoms with Crippen LogP contribution in [0.25, 0.3) is 5.57 Å². The van der Waals surface area contributed by atoms with Crippen molar-refractivity contribution >= 4 is 67.9 Å². The summed E-state index contributed by atoms with van der Waals surface area (Å²) in [6.45, 7) is 14.4. The lowest BCUT2D eigenvalue weighted by atomic mass is 9.72. The molecule has 17 heteroatoms. The van der Waals surface area contributed by atoms with Crippen molar-refractivity contribution in [2.24, 2.45) is 5.41 Å². The van der Waals surface area contributed by atoms with Crippen molar-refractivity contribution in [2.45, 2.75) is 76.8 Å². The number of nitro groups is 1. The second kappa shape index (κ2) is 19.0. The van der Waals surface area contributed by atoms with E-state index in [4.69, 9.17) is 32.7 Å². The number of amides is 2. The van der Waals surface area contributed by atoms with Crippen LogP contribution in [0, 0.1) is 15.5 Å². The fourth-order valence-corrected chi connectivity index (χ4v) is 9.61. The summed E-state index contributed by atoms with van der Waals surface area (Å²) in [6.07, 6.45) is 3.16. The van der Waals surface area contributed by atoms with Crippen molar-refractivity contribution in [3.05, 3.63) is 122 Å². The lowest BCUT2D eigenvalue weighted by Gasteiger charge is -2.39. The van der Waals surface area contributed by atoms with Crippen molar-refractivity contribution in [3.8, 4) is 11.5 Å². The van der Waals surface area contributed by atoms with Crippen LogP contribution < -0.4 is 19.7 Å². The van der Waals surface area contributed by atoms with Crippen LogP contribution in [0.1, 0.15) is 76.2 Å². The minimum atomic E-state index is -4.62. The number of carbonyl (C=O) groups excluding carboxylic acids is 2. The van der Waals surface area contributed by atoms with E-state index in [0.717, 1.165) is 55.7 Å². The van der Waals surface area contributed by atoms with Gasteiger partial charge in [-0.3, -0.25) is 19.8 Å². The van der Waals surface area contributed by atoms with Gasteiger partial charge >= 0.3 is 6.09 Å². The molecule has 64 heavy (non-hydrogen) atoms. The molecule has 340 valence electrons. The van der Waals surface area contributed by atoms with Crippen LogP contribution in [-0.4, -0.2) is 92.6 Å². The van der Waals surface area contributed by atoms with Crippen molar-refractivity contribution in [1.82, 2.24) is 14.5 Å². The number of nitrogens with one attached hydrogen (secondary N) is 2. The molecule has 0 spiro atoms. The van der Waals surface area contributed by atoms with Gasteiger partial charge in [-0.05, 0) is 118 Å². The van der Waals surface area contributed by atoms with E-state index in [1.165, 1.54) is 39.8 Å². The third kappa shape index (κ3) is 11.7. The van der Waals surface area contributed by atoms with Gasteiger partial charge in [0.05, 0.1) is 15.4 Å². The zero-order chi connectivity index (χ0) is 46.0. The second-order valence-electron chi connectivity index (χ2n) is 18.4. The monoisotopic (exact) mass is 932 g/mol. The SMILES string of the molecule is CC1(C)CCC(CN2CCN(c3ccc(C(=O)NS(=O)(=O)c4ccc(N[C@@H]5CCN(C(=O)OC(C)(C)C)C5)c([N+](=O)[O-])c4)c(Oc4cccc(Cl)c4)c3)CC2)=C(c2ccc(Cl)cc2)C1. The summed E-state index contributed by atoms with van der Waals surface area (Å²) < 4.78 is 41.2. The molecule has 4 aromatic rings. The van der Waals surface area contributed by atoms with Crippen molar-refractivity contribution in [2.75, 3.05) is 56.0 Å². The third-order valence-corrected chi connectivity index (χ3v) is 13.5. The first-order valence-electron chi connectivity index (χ1n) is 21.3. The Kier molecular flexibility index (Phi) is 13.9. The number of benzene rings is 4. The summed E-state index contributed by atoms with van der Waals surface area (Å²) in [4.78, 5) is 43.7. The molecule has 2 aliphatic heterocycles. The van der Waals surface area contributed by atoms with Crippen LogP contribution in [0.4, 0.5) is 21.9 Å². The molecule has 2 heterocycles. The molecule has 2 N–H and O–H groups in total. The van der Waals surface area contributed by atoms with E-state index in [9.17, 15) is 28.1 Å². The average molecular weight is 934 g/mol. The van der Waals surface area contributed by atoms with Gasteiger partial charge < -0.3 is 24.6 Å². The van der Waals surface area contributed by atoms with Gasteiger partial charge in [0, 0.05) is 79.7 Å². The fraction of sp³-hybridized carbons (Fsp3) is 0.404. The standard InChI is InChI=1S/C47H54Cl2N6O8S/c1-46(2,3)63-45(57)54-20-18-35(30-54)50-41-16-14-38(27-42(41)55(58)59)64(60,61)51-44(56)39-15-13-36(26-43(39)62-37-8-6-7-34(49)25-37)53-23-21-52(22-24-53)29-32-17-19-47(4,5)28-40(32)31-9-11-33(48)12-10-31/h6-16,25-27,35,50H,17-24,28-30H2,1-5H3,(H,51,56)/t35-/m1/s1. The van der Waals surface area contributed by atoms with Crippen LogP contribution in [0.2, 0.25) is 10.0 Å². The molecule has 1 atom stereocenters. The Labute approximate surface area is 384 Å². The molecule has 0 bridgehead atoms. The summed E-state index contributed by atoms with van der Waals surface area (Å²) in [5.41, 5.74) is 3.87. The number of hydrogen-bond donors (Lipinski definition) is 2. The number of halogens is 2. The summed E-state index contributed by atoms with van der Waals surface area (Å²) >= 11 is 12.5. The van der Waals surface area contributed by atoms with Crippen LogP contribution in [0.5, 0.6) is 11.5 Å². The molecule has 4 aromatic carbocycles. The summed E-state index contributed by atoms with van der Waals surface area (Å²) in [7, 11) is -4.62. The van der Waals surface area contributed by atoms with E-state index < -0.39 is 43.1 Å². The molecule has 2 saturated heterocycles. The molecular formula is C47H54Cl2N6O8S. The molecule has 2 fully saturated rings. The minimum Gasteiger partial charge on any atom is -0.456 e. The summed E-state index contributed by atoms with van der Waals surface area (Å²) in [6, 6.07) is 22.7. The topological polar surface area (TPSA) is 164 Å². The predicted octanol–water partition coefficient (Wildman–Crippen LogP) is 10.0. The van der Waals surface area contributed by atoms with Crippen molar-refractivity contribution in [3.63, 3.8) is 0 Å². The van der Waals surface area contributed by atoms with Crippen LogP contribution in [0.3, 0.4) is 0 Å². The Balaban J connectivity index is 1.06. The minimum absolute atomic E-state index is 0.0674. The molecular weight excluding hydrogens is 880 g/mol. The molecule has 1 aliphatic carbocycles. The fourth-order valence-electron chi connectivity index (χ4n) is 8.31. The second-order valence-corrected chi connectivity index (χ2v) is 20.9. The summed E-state index contributed by atoms with van der Waals surface area (Å²) in [5.74, 6) is -0.561. The maximum Gasteiger partial charge on any atom is 0.410 e. The van der Waals surface area contributed by atoms with Gasteiger partial charge in [-0.1, -0.05) is 60.8 Å². The normalized spacial score (nSPS) is 18.1. The Morgan fingerprint density at radius 2 is 1.66 bits per heavy atom. The van der Waals surface area contributed by atoms with E-state index in [2.05, 4.69) is 45.8 Å². The lowest BCUT2D eigenvalue weighted by molar-refractivity contribution is -0.384. The highest BCUT2D eigenvalue weighted by atomic mass is 35.5. The van der Waals surface area contributed by atoms with Crippen LogP contribution in [0.15, 0.2) is 95.4 Å². The van der Waals surface area contributed by atoms with E-state index in [1.807, 2.05) is 12.1 Å². The molecule has 2 amide bonds. The number of hydrogen-bond acceptors (Lipinski definition) is 11. The third-order valence-electron chi connectivity index (χ3n) is 11.7. The average Bonchev–Trinajstić information content (AvgIpc) is 3.70. The van der Waals surface area contributed by atoms with Crippen LogP contribution in [-0.2, 0) is 14.8 Å². The number of nitrogens with zero attached hydrogens (tertiary/aromatic N) is 4. The number of carbonyl (C=O) groups is 2. The molecule has 0 aromatic heterocycles. The molecule has 3 aliphatic rings. The van der Waals surface area contributed by atoms with Crippen LogP contribution >= 0.6 is 23.2 Å². The first kappa shape index (κ1) is 46.6. The number of nitro benzene ring substituents is 1. The van der Waals surface area contributed by atoms with Gasteiger partial charge in [0.1, 0.15) is 22.8 Å². The number of rotatable bonds is 12. The van der Waals surface area contributed by atoms with Crippen molar-refractivity contribution in [1.29, 1.82) is 0 Å². The van der Waals surface area contributed by atoms with Crippen molar-refractivity contribution < 1.29 is 32.4 Å². The van der Waals surface area contributed by atoms with E-state index in [1.54, 1.807) is 57.2 Å². The zero-order valence-corrected chi connectivity index (χ0v) is 39.0. The predicted molar refractivity (Wildman–Crippen MR) is 250 cm³/mol. The number of piperazine rings is 1. The largest absolute Gasteiger partial charge is 0.456 e. The van der Waals surface area contributed by atoms with Gasteiger partial charge in [-0.25, -0.2) is 17.9 Å². The maximum atomic E-state index is 13.9. The first-order chi connectivity index (χ1) is 30.2. The highest BCUT2D eigenvalue weighted by Gasteiger charge is 2.33. The number of ether oxygens (including phenoxy) is 2. The smallest absolute Gasteiger partial charge is 0.410 e. The number of likely N-dealkylation sites (tertiary alicyclic amines) is 1. The van der Waals surface area contributed by atoms with E-state index in [0.29, 0.717) is 36.8 Å². The number of sulfonamides is 1. The molecule has 7 rings (SSSR count). The molecule has 14 nitrogen and oxygen atoms in total. The Hall–Kier alpha value is -5.35. The van der Waals surface area contributed by atoms with E-state index in [-0.39, 0.29) is 35.0 Å². The van der Waals surface area contributed by atoms with E-state index >= 15 is 0 Å². The van der Waals surface area contributed by atoms with Gasteiger partial charge in [-0.15, -0.1) is 0 Å². The number of anilines is 2. The van der Waals surface area contributed by atoms with Gasteiger partial charge in [0.2, 0.25) is 0 Å². The molecule has 0 saturated carbocycles. The Morgan fingerprint density at radius 1 is 0.922 bits per heavy atom. The molecule has 0 radical (unpaired) electrons. The van der Waals surface area contributed by atoms with Gasteiger partial charge in [0.15, 0.2) is 0 Å². The maximum absolute atomic E-state index is 13.9. The zero-order valence-electron chi connectivity index (χ0n) is 36.7. The lowest BCUT2D eigenvalue weighted by Crippen LogP contribution is -2.47.